The lowest BCUT2D eigenvalue weighted by atomic mass is 9.83. The predicted molar refractivity (Wildman–Crippen MR) is 66.8 cm³/mol. The maximum absolute atomic E-state index is 10.6. The van der Waals surface area contributed by atoms with Gasteiger partial charge in [-0.2, -0.15) is 0 Å². The molecule has 0 aliphatic carbocycles. The first-order valence-electron chi connectivity index (χ1n) is 5.95. The summed E-state index contributed by atoms with van der Waals surface area (Å²) in [6.07, 6.45) is 2.51. The third kappa shape index (κ3) is 2.84. The molecule has 2 heterocycles. The van der Waals surface area contributed by atoms with E-state index in [1.807, 2.05) is 6.07 Å². The van der Waals surface area contributed by atoms with Crippen molar-refractivity contribution in [3.63, 3.8) is 0 Å². The van der Waals surface area contributed by atoms with Gasteiger partial charge in [0.15, 0.2) is 0 Å². The van der Waals surface area contributed by atoms with Gasteiger partial charge in [-0.1, -0.05) is 19.9 Å². The number of rotatable bonds is 3. The Morgan fingerprint density at radius 3 is 3.06 bits per heavy atom. The molecule has 2 unspecified atom stereocenters. The summed E-state index contributed by atoms with van der Waals surface area (Å²) in [6, 6.07) is 4.14. The summed E-state index contributed by atoms with van der Waals surface area (Å²) in [4.78, 5) is 1.27. The SMILES string of the molecule is CC(C)C1CC(O)(Cc2cccs2)CCO1. The Morgan fingerprint density at radius 2 is 2.44 bits per heavy atom. The summed E-state index contributed by atoms with van der Waals surface area (Å²) in [5.74, 6) is 0.482. The number of aliphatic hydroxyl groups is 1. The maximum atomic E-state index is 10.6. The van der Waals surface area contributed by atoms with Crippen molar-refractivity contribution in [3.05, 3.63) is 22.4 Å². The van der Waals surface area contributed by atoms with Crippen molar-refractivity contribution in [3.8, 4) is 0 Å². The molecular weight excluding hydrogens is 220 g/mol. The smallest absolute Gasteiger partial charge is 0.0742 e. The van der Waals surface area contributed by atoms with Gasteiger partial charge in [0.1, 0.15) is 0 Å². The van der Waals surface area contributed by atoms with Crippen molar-refractivity contribution < 1.29 is 9.84 Å². The van der Waals surface area contributed by atoms with Gasteiger partial charge in [0, 0.05) is 24.3 Å². The van der Waals surface area contributed by atoms with Crippen LogP contribution in [0.2, 0.25) is 0 Å². The Bertz CT molecular complexity index is 321. The average Bonchev–Trinajstić information content (AvgIpc) is 2.69. The molecule has 2 rings (SSSR count). The Morgan fingerprint density at radius 1 is 1.62 bits per heavy atom. The predicted octanol–water partition coefficient (Wildman–Crippen LogP) is 2.86. The highest BCUT2D eigenvalue weighted by Gasteiger charge is 2.36. The fourth-order valence-corrected chi connectivity index (χ4v) is 3.10. The van der Waals surface area contributed by atoms with Crippen molar-refractivity contribution >= 4 is 11.3 Å². The van der Waals surface area contributed by atoms with E-state index < -0.39 is 5.60 Å². The second-order valence-corrected chi connectivity index (χ2v) is 6.12. The highest BCUT2D eigenvalue weighted by molar-refractivity contribution is 7.09. The minimum absolute atomic E-state index is 0.207. The molecule has 16 heavy (non-hydrogen) atoms. The summed E-state index contributed by atoms with van der Waals surface area (Å²) in [6.45, 7) is 4.99. The van der Waals surface area contributed by atoms with Crippen LogP contribution in [0.3, 0.4) is 0 Å². The van der Waals surface area contributed by atoms with Crippen LogP contribution in [-0.2, 0) is 11.2 Å². The van der Waals surface area contributed by atoms with Gasteiger partial charge in [-0.15, -0.1) is 11.3 Å². The quantitative estimate of drug-likeness (QED) is 0.880. The fraction of sp³-hybridized carbons (Fsp3) is 0.692. The van der Waals surface area contributed by atoms with Crippen LogP contribution in [0.1, 0.15) is 31.6 Å². The van der Waals surface area contributed by atoms with E-state index >= 15 is 0 Å². The molecule has 1 N–H and O–H groups in total. The lowest BCUT2D eigenvalue weighted by Crippen LogP contribution is -2.44. The Hall–Kier alpha value is -0.380. The van der Waals surface area contributed by atoms with E-state index in [0.717, 1.165) is 19.3 Å². The lowest BCUT2D eigenvalue weighted by molar-refractivity contribution is -0.116. The van der Waals surface area contributed by atoms with Crippen molar-refractivity contribution in [2.24, 2.45) is 5.92 Å². The molecule has 1 aliphatic heterocycles. The van der Waals surface area contributed by atoms with Crippen LogP contribution < -0.4 is 0 Å². The zero-order chi connectivity index (χ0) is 11.6. The molecule has 1 fully saturated rings. The molecule has 1 aliphatic rings. The molecular formula is C13H20O2S. The molecule has 0 radical (unpaired) electrons. The van der Waals surface area contributed by atoms with Gasteiger partial charge in [-0.25, -0.2) is 0 Å². The molecule has 90 valence electrons. The number of hydrogen-bond donors (Lipinski definition) is 1. The van der Waals surface area contributed by atoms with Crippen LogP contribution in [0.4, 0.5) is 0 Å². The number of thiophene rings is 1. The largest absolute Gasteiger partial charge is 0.389 e. The van der Waals surface area contributed by atoms with E-state index in [4.69, 9.17) is 4.74 Å². The normalized spacial score (nSPS) is 30.9. The van der Waals surface area contributed by atoms with Crippen LogP contribution in [0.15, 0.2) is 17.5 Å². The van der Waals surface area contributed by atoms with E-state index in [2.05, 4.69) is 25.3 Å². The van der Waals surface area contributed by atoms with Crippen molar-refractivity contribution in [2.45, 2.75) is 44.8 Å². The van der Waals surface area contributed by atoms with Crippen LogP contribution in [0.25, 0.3) is 0 Å². The third-order valence-electron chi connectivity index (χ3n) is 3.31. The summed E-state index contributed by atoms with van der Waals surface area (Å²) in [5.41, 5.74) is -0.557. The van der Waals surface area contributed by atoms with Crippen molar-refractivity contribution in [1.29, 1.82) is 0 Å². The Balaban J connectivity index is 2.01. The highest BCUT2D eigenvalue weighted by atomic mass is 32.1. The van der Waals surface area contributed by atoms with E-state index in [1.54, 1.807) is 11.3 Å². The van der Waals surface area contributed by atoms with Gasteiger partial charge in [-0.3, -0.25) is 0 Å². The second kappa shape index (κ2) is 4.86. The molecule has 0 bridgehead atoms. The average molecular weight is 240 g/mol. The van der Waals surface area contributed by atoms with E-state index in [9.17, 15) is 5.11 Å². The third-order valence-corrected chi connectivity index (χ3v) is 4.18. The van der Waals surface area contributed by atoms with E-state index in [1.165, 1.54) is 4.88 Å². The van der Waals surface area contributed by atoms with Crippen molar-refractivity contribution in [2.75, 3.05) is 6.61 Å². The summed E-state index contributed by atoms with van der Waals surface area (Å²) < 4.78 is 5.70. The molecule has 1 saturated heterocycles. The first-order chi connectivity index (χ1) is 7.59. The molecule has 0 saturated carbocycles. The Labute approximate surface area is 101 Å². The molecule has 0 aromatic carbocycles. The first kappa shape index (κ1) is 12.1. The lowest BCUT2D eigenvalue weighted by Gasteiger charge is -2.38. The number of hydrogen-bond acceptors (Lipinski definition) is 3. The first-order valence-corrected chi connectivity index (χ1v) is 6.83. The molecule has 1 aromatic heterocycles. The molecule has 1 aromatic rings. The second-order valence-electron chi connectivity index (χ2n) is 5.09. The van der Waals surface area contributed by atoms with Crippen LogP contribution in [-0.4, -0.2) is 23.4 Å². The molecule has 0 spiro atoms. The van der Waals surface area contributed by atoms with Gasteiger partial charge in [0.25, 0.3) is 0 Å². The zero-order valence-corrected chi connectivity index (χ0v) is 10.8. The minimum atomic E-state index is -0.557. The maximum Gasteiger partial charge on any atom is 0.0742 e. The highest BCUT2D eigenvalue weighted by Crippen LogP contribution is 2.32. The fourth-order valence-electron chi connectivity index (χ4n) is 2.26. The minimum Gasteiger partial charge on any atom is -0.389 e. The molecule has 0 amide bonds. The zero-order valence-electron chi connectivity index (χ0n) is 9.98. The summed E-state index contributed by atoms with van der Waals surface area (Å²) in [5, 5.41) is 12.7. The van der Waals surface area contributed by atoms with Crippen LogP contribution in [0.5, 0.6) is 0 Å². The molecule has 3 heteroatoms. The summed E-state index contributed by atoms with van der Waals surface area (Å²) in [7, 11) is 0. The van der Waals surface area contributed by atoms with Crippen LogP contribution >= 0.6 is 11.3 Å². The van der Waals surface area contributed by atoms with Gasteiger partial charge in [0.2, 0.25) is 0 Å². The van der Waals surface area contributed by atoms with Crippen molar-refractivity contribution in [1.82, 2.24) is 0 Å². The molecule has 2 atom stereocenters. The molecule has 2 nitrogen and oxygen atoms in total. The standard InChI is InChI=1S/C13H20O2S/c1-10(2)12-9-13(14,5-6-15-12)8-11-4-3-7-16-11/h3-4,7,10,12,14H,5-6,8-9H2,1-2H3. The van der Waals surface area contributed by atoms with Gasteiger partial charge in [0.05, 0.1) is 11.7 Å². The topological polar surface area (TPSA) is 29.5 Å². The Kier molecular flexibility index (Phi) is 3.67. The van der Waals surface area contributed by atoms with Gasteiger partial charge >= 0.3 is 0 Å². The van der Waals surface area contributed by atoms with Gasteiger partial charge < -0.3 is 9.84 Å². The van der Waals surface area contributed by atoms with Gasteiger partial charge in [-0.05, 0) is 23.8 Å². The summed E-state index contributed by atoms with van der Waals surface area (Å²) >= 11 is 1.72. The van der Waals surface area contributed by atoms with Crippen LogP contribution in [0, 0.1) is 5.92 Å². The monoisotopic (exact) mass is 240 g/mol. The number of ether oxygens (including phenoxy) is 1. The van der Waals surface area contributed by atoms with E-state index in [-0.39, 0.29) is 6.10 Å². The van der Waals surface area contributed by atoms with E-state index in [0.29, 0.717) is 12.5 Å².